The predicted octanol–water partition coefficient (Wildman–Crippen LogP) is 4.39. The van der Waals surface area contributed by atoms with Gasteiger partial charge in [-0.2, -0.15) is 0 Å². The van der Waals surface area contributed by atoms with Crippen molar-refractivity contribution < 1.29 is 19.0 Å². The fourth-order valence-electron chi connectivity index (χ4n) is 2.89. The van der Waals surface area contributed by atoms with Crippen LogP contribution >= 0.6 is 11.8 Å². The molecule has 0 atom stereocenters. The molecule has 0 N–H and O–H groups in total. The quantitative estimate of drug-likeness (QED) is 0.494. The van der Waals surface area contributed by atoms with Gasteiger partial charge in [0.15, 0.2) is 11.5 Å². The van der Waals surface area contributed by atoms with E-state index in [0.717, 1.165) is 18.8 Å². The smallest absolute Gasteiger partial charge is 0.311 e. The average molecular weight is 388 g/mol. The van der Waals surface area contributed by atoms with Crippen LogP contribution < -0.4 is 19.1 Å². The number of nitrogens with zero attached hydrogens (tertiary/aromatic N) is 1. The first-order valence-corrected chi connectivity index (χ1v) is 10.3. The third-order valence-electron chi connectivity index (χ3n) is 4.19. The van der Waals surface area contributed by atoms with Crippen LogP contribution in [0.4, 0.5) is 5.69 Å². The Morgan fingerprint density at radius 1 is 1.07 bits per heavy atom. The first kappa shape index (κ1) is 19.4. The zero-order valence-electron chi connectivity index (χ0n) is 15.8. The van der Waals surface area contributed by atoms with Gasteiger partial charge in [-0.1, -0.05) is 25.1 Å². The summed E-state index contributed by atoms with van der Waals surface area (Å²) < 4.78 is 17.0. The number of fused-ring (bicyclic) bond motifs is 1. The van der Waals surface area contributed by atoms with Gasteiger partial charge in [-0.05, 0) is 31.2 Å². The van der Waals surface area contributed by atoms with Crippen molar-refractivity contribution in [2.24, 2.45) is 0 Å². The van der Waals surface area contributed by atoms with Crippen LogP contribution in [0.2, 0.25) is 0 Å². The van der Waals surface area contributed by atoms with Crippen LogP contribution in [0.25, 0.3) is 0 Å². The number of esters is 1. The second-order valence-electron chi connectivity index (χ2n) is 6.00. The lowest BCUT2D eigenvalue weighted by atomic mass is 10.2. The molecule has 0 aliphatic carbocycles. The van der Waals surface area contributed by atoms with Crippen molar-refractivity contribution >= 4 is 23.4 Å². The number of thioether (sulfide) groups is 1. The van der Waals surface area contributed by atoms with Crippen molar-refractivity contribution in [3.63, 3.8) is 0 Å². The molecule has 1 heterocycles. The molecule has 0 saturated heterocycles. The number of rotatable bonds is 8. The molecule has 0 amide bonds. The fourth-order valence-corrected chi connectivity index (χ4v) is 3.94. The van der Waals surface area contributed by atoms with Gasteiger partial charge in [0.05, 0.1) is 18.8 Å². The van der Waals surface area contributed by atoms with Gasteiger partial charge in [-0.3, -0.25) is 4.79 Å². The number of carbonyl (C=O) groups is 1. The van der Waals surface area contributed by atoms with Gasteiger partial charge in [0, 0.05) is 23.6 Å². The van der Waals surface area contributed by atoms with Crippen LogP contribution in [-0.4, -0.2) is 38.0 Å². The van der Waals surface area contributed by atoms with Gasteiger partial charge < -0.3 is 19.1 Å². The van der Waals surface area contributed by atoms with Gasteiger partial charge in [-0.25, -0.2) is 0 Å². The highest BCUT2D eigenvalue weighted by atomic mass is 32.2. The zero-order chi connectivity index (χ0) is 19.1. The lowest BCUT2D eigenvalue weighted by Gasteiger charge is -2.30. The molecule has 2 aromatic rings. The van der Waals surface area contributed by atoms with E-state index in [2.05, 4.69) is 29.2 Å². The summed E-state index contributed by atoms with van der Waals surface area (Å²) in [7, 11) is 0. The normalized spacial score (nSPS) is 13.0. The summed E-state index contributed by atoms with van der Waals surface area (Å²) in [4.78, 5) is 15.4. The number of anilines is 1. The number of benzene rings is 2. The fraction of sp³-hybridized carbons (Fsp3) is 0.381. The minimum absolute atomic E-state index is 0.294. The van der Waals surface area contributed by atoms with Crippen molar-refractivity contribution in [3.05, 3.63) is 42.5 Å². The second kappa shape index (κ2) is 9.55. The second-order valence-corrected chi connectivity index (χ2v) is 7.13. The summed E-state index contributed by atoms with van der Waals surface area (Å²) in [5.41, 5.74) is 1.25. The molecule has 6 heteroatoms. The molecule has 144 valence electrons. The van der Waals surface area contributed by atoms with Crippen molar-refractivity contribution in [1.29, 1.82) is 0 Å². The average Bonchev–Trinajstić information content (AvgIpc) is 2.70. The maximum Gasteiger partial charge on any atom is 0.311 e. The van der Waals surface area contributed by atoms with Crippen LogP contribution in [0.1, 0.15) is 20.3 Å². The van der Waals surface area contributed by atoms with E-state index in [1.165, 1.54) is 10.6 Å². The molecule has 0 spiro atoms. The monoisotopic (exact) mass is 387 g/mol. The molecule has 0 fully saturated rings. The van der Waals surface area contributed by atoms with E-state index in [-0.39, 0.29) is 5.97 Å². The summed E-state index contributed by atoms with van der Waals surface area (Å²) in [6, 6.07) is 13.9. The Morgan fingerprint density at radius 3 is 2.63 bits per heavy atom. The van der Waals surface area contributed by atoms with Gasteiger partial charge in [0.2, 0.25) is 5.75 Å². The van der Waals surface area contributed by atoms with Gasteiger partial charge >= 0.3 is 5.97 Å². The van der Waals surface area contributed by atoms with Gasteiger partial charge in [0.25, 0.3) is 0 Å². The van der Waals surface area contributed by atoms with Gasteiger partial charge in [0.1, 0.15) is 6.61 Å². The molecular formula is C21H25NO4S. The lowest BCUT2D eigenvalue weighted by molar-refractivity contribution is -0.134. The molecule has 3 rings (SSSR count). The first-order valence-electron chi connectivity index (χ1n) is 9.29. The van der Waals surface area contributed by atoms with Gasteiger partial charge in [-0.15, -0.1) is 11.8 Å². The topological polar surface area (TPSA) is 48.0 Å². The Balaban J connectivity index is 1.69. The Kier molecular flexibility index (Phi) is 6.87. The maximum atomic E-state index is 11.8. The van der Waals surface area contributed by atoms with E-state index >= 15 is 0 Å². The number of ether oxygens (including phenoxy) is 3. The third-order valence-corrected chi connectivity index (χ3v) is 5.23. The summed E-state index contributed by atoms with van der Waals surface area (Å²) in [6.07, 6.45) is 0.294. The minimum atomic E-state index is -0.311. The zero-order valence-corrected chi connectivity index (χ0v) is 16.6. The predicted molar refractivity (Wildman–Crippen MR) is 108 cm³/mol. The van der Waals surface area contributed by atoms with Crippen molar-refractivity contribution in [3.8, 4) is 17.2 Å². The van der Waals surface area contributed by atoms with Crippen molar-refractivity contribution in [2.45, 2.75) is 25.2 Å². The van der Waals surface area contributed by atoms with E-state index in [1.807, 2.05) is 24.8 Å². The molecule has 5 nitrogen and oxygen atoms in total. The summed E-state index contributed by atoms with van der Waals surface area (Å²) in [6.45, 7) is 6.38. The Morgan fingerprint density at radius 2 is 1.85 bits per heavy atom. The van der Waals surface area contributed by atoms with Crippen LogP contribution in [0.3, 0.4) is 0 Å². The first-order chi connectivity index (χ1) is 13.2. The van der Waals surface area contributed by atoms with E-state index in [4.69, 9.17) is 14.2 Å². The van der Waals surface area contributed by atoms with Crippen LogP contribution in [0.5, 0.6) is 17.2 Å². The molecule has 0 aromatic heterocycles. The highest BCUT2D eigenvalue weighted by Gasteiger charge is 2.18. The summed E-state index contributed by atoms with van der Waals surface area (Å²) >= 11 is 1.88. The molecule has 1 aliphatic heterocycles. The molecule has 0 radical (unpaired) electrons. The highest BCUT2D eigenvalue weighted by Crippen LogP contribution is 2.38. The number of para-hydroxylation sites is 2. The minimum Gasteiger partial charge on any atom is -0.490 e. The summed E-state index contributed by atoms with van der Waals surface area (Å²) in [5.74, 6) is 2.17. The number of hydrogen-bond donors (Lipinski definition) is 0. The highest BCUT2D eigenvalue weighted by molar-refractivity contribution is 7.99. The molecule has 27 heavy (non-hydrogen) atoms. The lowest BCUT2D eigenvalue weighted by Crippen LogP contribution is -2.33. The Hall–Kier alpha value is -2.34. The molecule has 2 aromatic carbocycles. The van der Waals surface area contributed by atoms with E-state index in [0.29, 0.717) is 36.9 Å². The molecule has 1 aliphatic rings. The van der Waals surface area contributed by atoms with E-state index in [1.54, 1.807) is 19.1 Å². The maximum absolute atomic E-state index is 11.8. The Bertz CT molecular complexity index is 781. The molecule has 0 saturated carbocycles. The third kappa shape index (κ3) is 4.89. The van der Waals surface area contributed by atoms with Crippen LogP contribution in [0, 0.1) is 0 Å². The molecule has 0 bridgehead atoms. The van der Waals surface area contributed by atoms with E-state index < -0.39 is 0 Å². The number of carbonyl (C=O) groups excluding carboxylic acids is 1. The number of hydrogen-bond acceptors (Lipinski definition) is 6. The molecular weight excluding hydrogens is 362 g/mol. The SMILES string of the molecule is CCOc1cccc(OCCN2CCSc3ccccc32)c1OC(=O)CC. The summed E-state index contributed by atoms with van der Waals surface area (Å²) in [5, 5.41) is 0. The van der Waals surface area contributed by atoms with Crippen LogP contribution in [-0.2, 0) is 4.79 Å². The Labute approximate surface area is 164 Å². The largest absolute Gasteiger partial charge is 0.490 e. The van der Waals surface area contributed by atoms with E-state index in [9.17, 15) is 4.79 Å². The van der Waals surface area contributed by atoms with Crippen LogP contribution in [0.15, 0.2) is 47.4 Å². The molecule has 0 unspecified atom stereocenters. The van der Waals surface area contributed by atoms with Crippen molar-refractivity contribution in [1.82, 2.24) is 0 Å². The standard InChI is InChI=1S/C21H25NO4S/c1-3-20(23)26-21-17(24-4-2)9-7-10-18(21)25-14-12-22-13-15-27-19-11-6-5-8-16(19)22/h5-11H,3-4,12-15H2,1-2H3. The van der Waals surface area contributed by atoms with Crippen molar-refractivity contribution in [2.75, 3.05) is 37.0 Å².